The van der Waals surface area contributed by atoms with Gasteiger partial charge in [0.25, 0.3) is 0 Å². The Morgan fingerprint density at radius 1 is 1.27 bits per heavy atom. The molecule has 4 rings (SSSR count). The second-order valence-electron chi connectivity index (χ2n) is 7.54. The number of hydrogen-bond acceptors (Lipinski definition) is 6. The van der Waals surface area contributed by atoms with Gasteiger partial charge >= 0.3 is 0 Å². The number of ether oxygens (including phenoxy) is 1. The van der Waals surface area contributed by atoms with Gasteiger partial charge in [-0.25, -0.2) is 4.39 Å². The number of halogens is 1. The molecule has 3 atom stereocenters. The summed E-state index contributed by atoms with van der Waals surface area (Å²) < 4.78 is 19.3. The molecule has 0 bridgehead atoms. The average molecular weight is 361 g/mol. The maximum absolute atomic E-state index is 13.2. The van der Waals surface area contributed by atoms with Crippen molar-refractivity contribution in [3.8, 4) is 0 Å². The summed E-state index contributed by atoms with van der Waals surface area (Å²) in [6.07, 6.45) is 13.8. The van der Waals surface area contributed by atoms with Crippen molar-refractivity contribution in [3.63, 3.8) is 0 Å². The zero-order valence-electron chi connectivity index (χ0n) is 15.0. The van der Waals surface area contributed by atoms with Crippen LogP contribution in [0.5, 0.6) is 0 Å². The molecule has 26 heavy (non-hydrogen) atoms. The Bertz CT molecular complexity index is 609. The van der Waals surface area contributed by atoms with Crippen molar-refractivity contribution in [1.82, 2.24) is 16.1 Å². The molecule has 0 radical (unpaired) electrons. The summed E-state index contributed by atoms with van der Waals surface area (Å²) in [4.78, 5) is 4.58. The second kappa shape index (κ2) is 8.31. The van der Waals surface area contributed by atoms with E-state index in [1.54, 1.807) is 12.2 Å². The van der Waals surface area contributed by atoms with Crippen molar-refractivity contribution >= 4 is 12.1 Å². The third-order valence-electron chi connectivity index (χ3n) is 5.66. The van der Waals surface area contributed by atoms with Crippen LogP contribution in [0.1, 0.15) is 38.5 Å². The molecule has 2 aliphatic carbocycles. The van der Waals surface area contributed by atoms with Crippen LogP contribution < -0.4 is 16.1 Å². The predicted molar refractivity (Wildman–Crippen MR) is 101 cm³/mol. The second-order valence-corrected chi connectivity index (χ2v) is 7.54. The number of hydrogen-bond donors (Lipinski definition) is 3. The first kappa shape index (κ1) is 17.7. The van der Waals surface area contributed by atoms with Crippen LogP contribution in [0.3, 0.4) is 0 Å². The summed E-state index contributed by atoms with van der Waals surface area (Å²) in [5.74, 6) is 1.42. The number of nitrogens with one attached hydrogen (secondary N) is 3. The molecule has 3 unspecified atom stereocenters. The highest BCUT2D eigenvalue weighted by Gasteiger charge is 2.33. The van der Waals surface area contributed by atoms with E-state index in [-0.39, 0.29) is 23.8 Å². The molecule has 1 fully saturated rings. The van der Waals surface area contributed by atoms with Crippen LogP contribution in [0, 0.1) is 11.8 Å². The molecule has 0 spiro atoms. The summed E-state index contributed by atoms with van der Waals surface area (Å²) in [6.45, 7) is 1.35. The summed E-state index contributed by atoms with van der Waals surface area (Å²) in [5.41, 5.74) is 3.07. The fraction of sp³-hybridized carbons (Fsp3) is 0.684. The van der Waals surface area contributed by atoms with Crippen LogP contribution >= 0.6 is 0 Å². The van der Waals surface area contributed by atoms with Crippen molar-refractivity contribution in [1.29, 1.82) is 0 Å². The Morgan fingerprint density at radius 3 is 3.00 bits per heavy atom. The third kappa shape index (κ3) is 4.32. The van der Waals surface area contributed by atoms with Gasteiger partial charge in [0.2, 0.25) is 0 Å². The molecule has 6 nitrogen and oxygen atoms in total. The van der Waals surface area contributed by atoms with E-state index in [0.717, 1.165) is 51.0 Å². The van der Waals surface area contributed by atoms with E-state index in [1.165, 1.54) is 0 Å². The normalized spacial score (nSPS) is 36.1. The van der Waals surface area contributed by atoms with E-state index in [9.17, 15) is 4.39 Å². The molecular weight excluding hydrogens is 333 g/mol. The number of allylic oxidation sites excluding steroid dienone is 4. The Hall–Kier alpha value is -1.73. The quantitative estimate of drug-likeness (QED) is 0.702. The van der Waals surface area contributed by atoms with E-state index in [0.29, 0.717) is 18.8 Å². The van der Waals surface area contributed by atoms with Crippen LogP contribution in [0.2, 0.25) is 0 Å². The fourth-order valence-corrected chi connectivity index (χ4v) is 4.12. The maximum atomic E-state index is 13.2. The lowest BCUT2D eigenvalue weighted by molar-refractivity contribution is 0.0189. The maximum Gasteiger partial charge on any atom is 0.119 e. The molecule has 0 amide bonds. The summed E-state index contributed by atoms with van der Waals surface area (Å²) in [5, 5.41) is 11.1. The summed E-state index contributed by atoms with van der Waals surface area (Å²) >= 11 is 0. The van der Waals surface area contributed by atoms with E-state index in [4.69, 9.17) is 4.74 Å². The van der Waals surface area contributed by atoms with Crippen LogP contribution in [-0.4, -0.2) is 43.6 Å². The van der Waals surface area contributed by atoms with Crippen molar-refractivity contribution in [3.05, 3.63) is 24.1 Å². The van der Waals surface area contributed by atoms with E-state index < -0.39 is 0 Å². The number of hydrazone groups is 1. The number of amidine groups is 1. The van der Waals surface area contributed by atoms with Crippen molar-refractivity contribution in [2.75, 3.05) is 13.3 Å². The van der Waals surface area contributed by atoms with Crippen LogP contribution in [0.4, 0.5) is 4.39 Å². The lowest BCUT2D eigenvalue weighted by Gasteiger charge is -2.33. The van der Waals surface area contributed by atoms with Gasteiger partial charge in [-0.3, -0.25) is 15.7 Å². The lowest BCUT2D eigenvalue weighted by Crippen LogP contribution is -2.54. The minimum atomic E-state index is -0.113. The van der Waals surface area contributed by atoms with E-state index in [2.05, 4.69) is 26.2 Å². The standard InChI is InChI=1S/C19H28FN5O/c20-14-3-1-2-13(10-14)8-9-26-16-6-4-15(5-7-16)24-18-17-11-23-25-19(17)22-12-21-18/h1,3,10-11,13,15-17,19,22,25H,2,4-9,12H2,(H,21,24). The first-order valence-electron chi connectivity index (χ1n) is 9.76. The molecule has 0 aromatic carbocycles. The van der Waals surface area contributed by atoms with Gasteiger partial charge in [-0.15, -0.1) is 0 Å². The predicted octanol–water partition coefficient (Wildman–Crippen LogP) is 2.21. The first-order valence-corrected chi connectivity index (χ1v) is 9.76. The largest absolute Gasteiger partial charge is 0.378 e. The third-order valence-corrected chi connectivity index (χ3v) is 5.66. The van der Waals surface area contributed by atoms with Crippen LogP contribution in [0.25, 0.3) is 0 Å². The molecule has 0 saturated heterocycles. The van der Waals surface area contributed by atoms with Crippen molar-refractivity contribution in [2.24, 2.45) is 21.9 Å². The number of aliphatic imine (C=N–C) groups is 1. The van der Waals surface area contributed by atoms with Gasteiger partial charge in [0, 0.05) is 18.9 Å². The van der Waals surface area contributed by atoms with Gasteiger partial charge in [0.1, 0.15) is 17.8 Å². The summed E-state index contributed by atoms with van der Waals surface area (Å²) in [7, 11) is 0. The molecule has 142 valence electrons. The molecule has 0 aromatic rings. The number of rotatable bonds is 5. The first-order chi connectivity index (χ1) is 12.8. The minimum absolute atomic E-state index is 0.113. The number of nitrogens with zero attached hydrogens (tertiary/aromatic N) is 2. The van der Waals surface area contributed by atoms with E-state index >= 15 is 0 Å². The lowest BCUT2D eigenvalue weighted by atomic mass is 9.92. The zero-order chi connectivity index (χ0) is 17.8. The topological polar surface area (TPSA) is 70.0 Å². The fourth-order valence-electron chi connectivity index (χ4n) is 4.12. The van der Waals surface area contributed by atoms with Gasteiger partial charge in [0.15, 0.2) is 0 Å². The minimum Gasteiger partial charge on any atom is -0.378 e. The molecule has 2 heterocycles. The van der Waals surface area contributed by atoms with Crippen LogP contribution in [0.15, 0.2) is 34.1 Å². The molecule has 0 aromatic heterocycles. The molecule has 1 saturated carbocycles. The van der Waals surface area contributed by atoms with Crippen molar-refractivity contribution in [2.45, 2.75) is 56.8 Å². The monoisotopic (exact) mass is 361 g/mol. The molecule has 7 heteroatoms. The zero-order valence-corrected chi connectivity index (χ0v) is 15.0. The average Bonchev–Trinajstić information content (AvgIpc) is 3.13. The van der Waals surface area contributed by atoms with Gasteiger partial charge in [-0.05, 0) is 56.6 Å². The Labute approximate surface area is 154 Å². The smallest absolute Gasteiger partial charge is 0.119 e. The SMILES string of the molecule is FC1=CC(CCOC2CCC(NC3=NCNC4NN=CC34)CC2)CC=C1. The van der Waals surface area contributed by atoms with Gasteiger partial charge in [-0.2, -0.15) is 5.10 Å². The Morgan fingerprint density at radius 2 is 2.15 bits per heavy atom. The molecule has 4 aliphatic rings. The van der Waals surface area contributed by atoms with Crippen LogP contribution in [-0.2, 0) is 4.74 Å². The highest BCUT2D eigenvalue weighted by Crippen LogP contribution is 2.25. The molecule has 2 aliphatic heterocycles. The van der Waals surface area contributed by atoms with Crippen molar-refractivity contribution < 1.29 is 9.13 Å². The van der Waals surface area contributed by atoms with E-state index in [1.807, 2.05) is 12.3 Å². The van der Waals surface area contributed by atoms with Gasteiger partial charge in [-0.1, -0.05) is 6.08 Å². The Kier molecular flexibility index (Phi) is 5.65. The summed E-state index contributed by atoms with van der Waals surface area (Å²) in [6, 6.07) is 0.460. The highest BCUT2D eigenvalue weighted by atomic mass is 19.1. The number of fused-ring (bicyclic) bond motifs is 1. The Balaban J connectivity index is 1.16. The van der Waals surface area contributed by atoms with Gasteiger partial charge in [0.05, 0.1) is 18.7 Å². The molecule has 3 N–H and O–H groups in total. The molecular formula is C19H28FN5O. The highest BCUT2D eigenvalue weighted by molar-refractivity contribution is 5.99. The van der Waals surface area contributed by atoms with Gasteiger partial charge < -0.3 is 10.1 Å².